The fourth-order valence-corrected chi connectivity index (χ4v) is 7.57. The molecular formula is C37H22ClNO. The Morgan fingerprint density at radius 2 is 1.10 bits per heavy atom. The van der Waals surface area contributed by atoms with Gasteiger partial charge in [-0.05, 0) is 63.2 Å². The van der Waals surface area contributed by atoms with Gasteiger partial charge in [-0.25, -0.2) is 0 Å². The smallest absolute Gasteiger partial charge is 0.137 e. The summed E-state index contributed by atoms with van der Waals surface area (Å²) in [7, 11) is 0. The van der Waals surface area contributed by atoms with Gasteiger partial charge in [0, 0.05) is 22.0 Å². The molecule has 2 nitrogen and oxygen atoms in total. The molecule has 1 aromatic heterocycles. The van der Waals surface area contributed by atoms with Crippen LogP contribution in [0, 0.1) is 0 Å². The van der Waals surface area contributed by atoms with E-state index in [1.807, 2.05) is 30.3 Å². The number of para-hydroxylation sites is 1. The second-order valence-corrected chi connectivity index (χ2v) is 11.0. The molecule has 0 unspecified atom stereocenters. The van der Waals surface area contributed by atoms with Gasteiger partial charge in [-0.15, -0.1) is 0 Å². The van der Waals surface area contributed by atoms with Crippen molar-refractivity contribution in [3.05, 3.63) is 155 Å². The zero-order valence-electron chi connectivity index (χ0n) is 21.4. The van der Waals surface area contributed by atoms with Gasteiger partial charge in [0.25, 0.3) is 0 Å². The third-order valence-corrected chi connectivity index (χ3v) is 9.16. The summed E-state index contributed by atoms with van der Waals surface area (Å²) >= 11 is 7.09. The number of hydrogen-bond acceptors (Lipinski definition) is 2. The highest BCUT2D eigenvalue weighted by Gasteiger charge is 2.51. The molecule has 0 atom stereocenters. The molecule has 0 radical (unpaired) electrons. The minimum atomic E-state index is -0.370. The number of nitrogens with one attached hydrogen (secondary N) is 1. The Hall–Kier alpha value is -4.79. The summed E-state index contributed by atoms with van der Waals surface area (Å²) in [6.07, 6.45) is 0. The van der Waals surface area contributed by atoms with Crippen molar-refractivity contribution in [2.24, 2.45) is 0 Å². The number of furan rings is 1. The SMILES string of the molecule is Clc1c(Nc2cccc3c2-c2ccccc2C32c3ccccc3-c3ccccc32)ccc2oc3ccccc3c12. The molecule has 0 aliphatic heterocycles. The van der Waals surface area contributed by atoms with Gasteiger partial charge in [0.2, 0.25) is 0 Å². The first kappa shape index (κ1) is 22.1. The maximum atomic E-state index is 7.09. The van der Waals surface area contributed by atoms with Crippen LogP contribution in [-0.4, -0.2) is 0 Å². The lowest BCUT2D eigenvalue weighted by molar-refractivity contribution is 0.669. The quantitative estimate of drug-likeness (QED) is 0.240. The largest absolute Gasteiger partial charge is 0.456 e. The van der Waals surface area contributed by atoms with Crippen LogP contribution in [0.4, 0.5) is 11.4 Å². The molecule has 2 aliphatic rings. The van der Waals surface area contributed by atoms with Crippen molar-refractivity contribution >= 4 is 44.9 Å². The summed E-state index contributed by atoms with van der Waals surface area (Å²) in [5, 5.41) is 6.36. The maximum Gasteiger partial charge on any atom is 0.137 e. The van der Waals surface area contributed by atoms with Gasteiger partial charge in [-0.2, -0.15) is 0 Å². The van der Waals surface area contributed by atoms with E-state index in [-0.39, 0.29) is 5.41 Å². The monoisotopic (exact) mass is 531 g/mol. The van der Waals surface area contributed by atoms with Gasteiger partial charge < -0.3 is 9.73 Å². The standard InChI is InChI=1S/C37H22ClNO/c38-36-31(20-21-33-35(36)25-13-4-8-19-32(25)40-33)39-30-18-9-17-29-34(30)24-12-3-7-16-28(24)37(29)26-14-5-1-10-22(26)23-11-2-6-15-27(23)37/h1-21,39H. The van der Waals surface area contributed by atoms with Crippen molar-refractivity contribution in [3.63, 3.8) is 0 Å². The average Bonchev–Trinajstić information content (AvgIpc) is 3.63. The van der Waals surface area contributed by atoms with Crippen molar-refractivity contribution < 1.29 is 4.42 Å². The minimum absolute atomic E-state index is 0.370. The van der Waals surface area contributed by atoms with E-state index in [0.717, 1.165) is 33.3 Å². The molecule has 0 saturated heterocycles. The Morgan fingerprint density at radius 3 is 1.85 bits per heavy atom. The minimum Gasteiger partial charge on any atom is -0.456 e. The molecule has 2 aliphatic carbocycles. The van der Waals surface area contributed by atoms with Crippen molar-refractivity contribution in [2.75, 3.05) is 5.32 Å². The van der Waals surface area contributed by atoms with Crippen LogP contribution in [0.25, 0.3) is 44.2 Å². The first-order chi connectivity index (χ1) is 19.8. The molecule has 0 fully saturated rings. The molecule has 0 saturated carbocycles. The Kier molecular flexibility index (Phi) is 4.35. The molecule has 6 aromatic carbocycles. The third-order valence-electron chi connectivity index (χ3n) is 8.77. The van der Waals surface area contributed by atoms with E-state index in [4.69, 9.17) is 16.0 Å². The van der Waals surface area contributed by atoms with Crippen molar-refractivity contribution in [2.45, 2.75) is 5.41 Å². The van der Waals surface area contributed by atoms with Crippen molar-refractivity contribution in [1.29, 1.82) is 0 Å². The lowest BCUT2D eigenvalue weighted by Gasteiger charge is -2.30. The highest BCUT2D eigenvalue weighted by Crippen LogP contribution is 2.63. The average molecular weight is 532 g/mol. The summed E-state index contributed by atoms with van der Waals surface area (Å²) < 4.78 is 6.08. The molecule has 7 aromatic rings. The fourth-order valence-electron chi connectivity index (χ4n) is 7.26. The van der Waals surface area contributed by atoms with Crippen LogP contribution in [-0.2, 0) is 5.41 Å². The van der Waals surface area contributed by atoms with E-state index in [0.29, 0.717) is 5.02 Å². The predicted molar refractivity (Wildman–Crippen MR) is 165 cm³/mol. The van der Waals surface area contributed by atoms with Crippen LogP contribution in [0.5, 0.6) is 0 Å². The first-order valence-corrected chi connectivity index (χ1v) is 13.9. The molecule has 3 heteroatoms. The van der Waals surface area contributed by atoms with Crippen LogP contribution >= 0.6 is 11.6 Å². The second kappa shape index (κ2) is 7.88. The van der Waals surface area contributed by atoms with Gasteiger partial charge >= 0.3 is 0 Å². The zero-order valence-corrected chi connectivity index (χ0v) is 22.2. The molecule has 1 N–H and O–H groups in total. The maximum absolute atomic E-state index is 7.09. The summed E-state index contributed by atoms with van der Waals surface area (Å²) in [4.78, 5) is 0. The van der Waals surface area contributed by atoms with Gasteiger partial charge in [0.05, 0.1) is 16.1 Å². The molecule has 40 heavy (non-hydrogen) atoms. The van der Waals surface area contributed by atoms with E-state index in [1.165, 1.54) is 44.5 Å². The molecule has 1 spiro atoms. The summed E-state index contributed by atoms with van der Waals surface area (Å²) in [6.45, 7) is 0. The fraction of sp³-hybridized carbons (Fsp3) is 0.0270. The third kappa shape index (κ3) is 2.64. The van der Waals surface area contributed by atoms with E-state index < -0.39 is 0 Å². The van der Waals surface area contributed by atoms with Gasteiger partial charge in [-0.1, -0.05) is 115 Å². The van der Waals surface area contributed by atoms with E-state index in [2.05, 4.69) is 102 Å². The van der Waals surface area contributed by atoms with Gasteiger partial charge in [-0.3, -0.25) is 0 Å². The van der Waals surface area contributed by atoms with Crippen molar-refractivity contribution in [3.8, 4) is 22.3 Å². The molecule has 0 amide bonds. The topological polar surface area (TPSA) is 25.2 Å². The predicted octanol–water partition coefficient (Wildman–Crippen LogP) is 10.3. The Bertz CT molecular complexity index is 2130. The highest BCUT2D eigenvalue weighted by atomic mass is 35.5. The number of hydrogen-bond donors (Lipinski definition) is 1. The normalized spacial score (nSPS) is 13.8. The highest BCUT2D eigenvalue weighted by molar-refractivity contribution is 6.40. The van der Waals surface area contributed by atoms with Crippen LogP contribution in [0.3, 0.4) is 0 Å². The Morgan fingerprint density at radius 1 is 0.500 bits per heavy atom. The van der Waals surface area contributed by atoms with Gasteiger partial charge in [0.1, 0.15) is 11.2 Å². The van der Waals surface area contributed by atoms with Crippen molar-refractivity contribution in [1.82, 2.24) is 0 Å². The lowest BCUT2D eigenvalue weighted by atomic mass is 9.70. The first-order valence-electron chi connectivity index (χ1n) is 13.6. The van der Waals surface area contributed by atoms with Crippen LogP contribution in [0.15, 0.2) is 132 Å². The zero-order chi connectivity index (χ0) is 26.4. The van der Waals surface area contributed by atoms with E-state index in [9.17, 15) is 0 Å². The number of benzene rings is 6. The summed E-state index contributed by atoms with van der Waals surface area (Å²) in [5.74, 6) is 0. The molecular weight excluding hydrogens is 510 g/mol. The Balaban J connectivity index is 1.31. The molecule has 1 heterocycles. The van der Waals surface area contributed by atoms with Crippen LogP contribution in [0.1, 0.15) is 22.3 Å². The summed E-state index contributed by atoms with van der Waals surface area (Å²) in [5.41, 5.74) is 13.5. The second-order valence-electron chi connectivity index (χ2n) is 10.6. The number of halogens is 1. The van der Waals surface area contributed by atoms with Gasteiger partial charge in [0.15, 0.2) is 0 Å². The molecule has 0 bridgehead atoms. The number of rotatable bonds is 2. The molecule has 9 rings (SSSR count). The lowest BCUT2D eigenvalue weighted by Crippen LogP contribution is -2.25. The Labute approximate surface area is 236 Å². The molecule has 188 valence electrons. The van der Waals surface area contributed by atoms with E-state index in [1.54, 1.807) is 0 Å². The van der Waals surface area contributed by atoms with E-state index >= 15 is 0 Å². The number of fused-ring (bicyclic) bond motifs is 13. The summed E-state index contributed by atoms with van der Waals surface area (Å²) in [6, 6.07) is 45.3. The van der Waals surface area contributed by atoms with Crippen LogP contribution < -0.4 is 5.32 Å². The number of anilines is 2. The van der Waals surface area contributed by atoms with Crippen LogP contribution in [0.2, 0.25) is 5.02 Å².